The van der Waals surface area contributed by atoms with Crippen LogP contribution in [0.25, 0.3) is 22.2 Å². The van der Waals surface area contributed by atoms with Gasteiger partial charge in [0, 0.05) is 12.4 Å². The summed E-state index contributed by atoms with van der Waals surface area (Å²) in [6.45, 7) is 0.371. The standard InChI is InChI=1S/C18H14N4OS/c23-18(16-2-1-9-24-16)20-11-17-21-14-4-3-13(10-15(14)22-17)12-5-7-19-8-6-12/h1-10H,11H2,(H,20,23)(H,21,22). The van der Waals surface area contributed by atoms with Crippen LogP contribution in [0.3, 0.4) is 0 Å². The van der Waals surface area contributed by atoms with Crippen LogP contribution in [0.2, 0.25) is 0 Å². The molecule has 0 fully saturated rings. The van der Waals surface area contributed by atoms with E-state index < -0.39 is 0 Å². The molecule has 0 radical (unpaired) electrons. The molecule has 0 unspecified atom stereocenters. The molecule has 3 heterocycles. The molecule has 24 heavy (non-hydrogen) atoms. The van der Waals surface area contributed by atoms with E-state index in [0.29, 0.717) is 11.4 Å². The number of hydrogen-bond acceptors (Lipinski definition) is 4. The van der Waals surface area contributed by atoms with Gasteiger partial charge in [-0.15, -0.1) is 11.3 Å². The van der Waals surface area contributed by atoms with Crippen LogP contribution in [0.5, 0.6) is 0 Å². The van der Waals surface area contributed by atoms with Crippen LogP contribution in [0.1, 0.15) is 15.5 Å². The number of aromatic amines is 1. The summed E-state index contributed by atoms with van der Waals surface area (Å²) < 4.78 is 0. The molecule has 118 valence electrons. The monoisotopic (exact) mass is 334 g/mol. The lowest BCUT2D eigenvalue weighted by Gasteiger charge is -2.00. The summed E-state index contributed by atoms with van der Waals surface area (Å²) in [6.07, 6.45) is 3.55. The van der Waals surface area contributed by atoms with Crippen LogP contribution in [-0.2, 0) is 6.54 Å². The van der Waals surface area contributed by atoms with Crippen LogP contribution in [-0.4, -0.2) is 20.9 Å². The second-order valence-corrected chi connectivity index (χ2v) is 6.26. The maximum absolute atomic E-state index is 12.0. The molecule has 4 aromatic rings. The quantitative estimate of drug-likeness (QED) is 0.599. The molecule has 5 nitrogen and oxygen atoms in total. The second-order valence-electron chi connectivity index (χ2n) is 5.31. The molecule has 0 aliphatic heterocycles. The number of pyridine rings is 1. The number of nitrogens with one attached hydrogen (secondary N) is 2. The van der Waals surface area contributed by atoms with Gasteiger partial charge >= 0.3 is 0 Å². The summed E-state index contributed by atoms with van der Waals surface area (Å²) in [4.78, 5) is 24.5. The fourth-order valence-corrected chi connectivity index (χ4v) is 3.17. The van der Waals surface area contributed by atoms with Crippen molar-refractivity contribution in [1.82, 2.24) is 20.3 Å². The number of amides is 1. The molecular formula is C18H14N4OS. The van der Waals surface area contributed by atoms with Crippen molar-refractivity contribution in [2.45, 2.75) is 6.54 Å². The van der Waals surface area contributed by atoms with Gasteiger partial charge in [-0.25, -0.2) is 4.98 Å². The fraction of sp³-hybridized carbons (Fsp3) is 0.0556. The Labute approximate surface area is 142 Å². The predicted molar refractivity (Wildman–Crippen MR) is 94.8 cm³/mol. The highest BCUT2D eigenvalue weighted by Gasteiger charge is 2.09. The van der Waals surface area contributed by atoms with Gasteiger partial charge in [-0.2, -0.15) is 0 Å². The Morgan fingerprint density at radius 3 is 2.79 bits per heavy atom. The number of thiophene rings is 1. The minimum atomic E-state index is -0.0806. The van der Waals surface area contributed by atoms with Crippen LogP contribution in [0.4, 0.5) is 0 Å². The molecule has 0 saturated carbocycles. The smallest absolute Gasteiger partial charge is 0.261 e. The van der Waals surface area contributed by atoms with Crippen LogP contribution < -0.4 is 5.32 Å². The van der Waals surface area contributed by atoms with E-state index >= 15 is 0 Å². The molecule has 0 spiro atoms. The molecule has 3 aromatic heterocycles. The molecule has 0 saturated heterocycles. The molecule has 6 heteroatoms. The summed E-state index contributed by atoms with van der Waals surface area (Å²) in [7, 11) is 0. The Bertz CT molecular complexity index is 977. The first-order valence-electron chi connectivity index (χ1n) is 7.50. The Morgan fingerprint density at radius 2 is 2.00 bits per heavy atom. The lowest BCUT2D eigenvalue weighted by atomic mass is 10.1. The van der Waals surface area contributed by atoms with Gasteiger partial charge in [0.1, 0.15) is 5.82 Å². The van der Waals surface area contributed by atoms with Crippen molar-refractivity contribution in [3.63, 3.8) is 0 Å². The number of carbonyl (C=O) groups is 1. The first-order chi connectivity index (χ1) is 11.8. The SMILES string of the molecule is O=C(NCc1nc2ccc(-c3ccncc3)cc2[nH]1)c1cccs1. The van der Waals surface area contributed by atoms with Crippen LogP contribution in [0, 0.1) is 0 Å². The first-order valence-corrected chi connectivity index (χ1v) is 8.38. The summed E-state index contributed by atoms with van der Waals surface area (Å²) in [5, 5.41) is 4.76. The molecule has 1 amide bonds. The van der Waals surface area contributed by atoms with Crippen molar-refractivity contribution in [3.8, 4) is 11.1 Å². The van der Waals surface area contributed by atoms with Gasteiger partial charge in [-0.05, 0) is 46.8 Å². The highest BCUT2D eigenvalue weighted by Crippen LogP contribution is 2.22. The number of benzene rings is 1. The summed E-state index contributed by atoms with van der Waals surface area (Å²) in [6, 6.07) is 13.7. The van der Waals surface area contributed by atoms with Crippen LogP contribution in [0.15, 0.2) is 60.2 Å². The van der Waals surface area contributed by atoms with Gasteiger partial charge in [-0.3, -0.25) is 9.78 Å². The van der Waals surface area contributed by atoms with Crippen molar-refractivity contribution < 1.29 is 4.79 Å². The molecule has 0 aliphatic carbocycles. The number of fused-ring (bicyclic) bond motifs is 1. The minimum Gasteiger partial charge on any atom is -0.344 e. The van der Waals surface area contributed by atoms with Gasteiger partial charge in [0.2, 0.25) is 0 Å². The Morgan fingerprint density at radius 1 is 1.12 bits per heavy atom. The highest BCUT2D eigenvalue weighted by molar-refractivity contribution is 7.12. The first kappa shape index (κ1) is 14.6. The van der Waals surface area contributed by atoms with Gasteiger partial charge in [0.05, 0.1) is 22.5 Å². The number of carbonyl (C=O) groups excluding carboxylic acids is 1. The Kier molecular flexibility index (Phi) is 3.80. The fourth-order valence-electron chi connectivity index (χ4n) is 2.53. The number of hydrogen-bond donors (Lipinski definition) is 2. The summed E-state index contributed by atoms with van der Waals surface area (Å²) >= 11 is 1.42. The van der Waals surface area contributed by atoms with E-state index in [0.717, 1.165) is 28.0 Å². The molecule has 0 aliphatic rings. The average molecular weight is 334 g/mol. The third-order valence-electron chi connectivity index (χ3n) is 3.71. The van der Waals surface area contributed by atoms with Gasteiger partial charge in [0.15, 0.2) is 0 Å². The van der Waals surface area contributed by atoms with Crippen molar-refractivity contribution in [3.05, 3.63) is 70.9 Å². The predicted octanol–water partition coefficient (Wildman–Crippen LogP) is 3.62. The minimum absolute atomic E-state index is 0.0806. The zero-order valence-corrected chi connectivity index (χ0v) is 13.5. The largest absolute Gasteiger partial charge is 0.344 e. The van der Waals surface area contributed by atoms with E-state index in [1.807, 2.05) is 35.7 Å². The second kappa shape index (κ2) is 6.25. The average Bonchev–Trinajstić information content (AvgIpc) is 3.29. The van der Waals surface area contributed by atoms with E-state index in [-0.39, 0.29) is 5.91 Å². The van der Waals surface area contributed by atoms with E-state index in [2.05, 4.69) is 26.3 Å². The number of H-pyrrole nitrogens is 1. The lowest BCUT2D eigenvalue weighted by molar-refractivity contribution is 0.0954. The normalized spacial score (nSPS) is 10.8. The van der Waals surface area contributed by atoms with E-state index in [1.165, 1.54) is 11.3 Å². The van der Waals surface area contributed by atoms with Crippen LogP contribution >= 0.6 is 11.3 Å². The number of nitrogens with zero attached hydrogens (tertiary/aromatic N) is 2. The summed E-state index contributed by atoms with van der Waals surface area (Å²) in [5.41, 5.74) is 4.04. The number of imidazole rings is 1. The van der Waals surface area contributed by atoms with Crippen molar-refractivity contribution in [1.29, 1.82) is 0 Å². The number of aromatic nitrogens is 3. The zero-order valence-electron chi connectivity index (χ0n) is 12.7. The molecule has 2 N–H and O–H groups in total. The molecule has 0 bridgehead atoms. The number of rotatable bonds is 4. The van der Waals surface area contributed by atoms with E-state index in [4.69, 9.17) is 0 Å². The topological polar surface area (TPSA) is 70.7 Å². The highest BCUT2D eigenvalue weighted by atomic mass is 32.1. The molecule has 4 rings (SSSR count). The van der Waals surface area contributed by atoms with E-state index in [1.54, 1.807) is 18.5 Å². The van der Waals surface area contributed by atoms with Gasteiger partial charge in [0.25, 0.3) is 5.91 Å². The third kappa shape index (κ3) is 2.91. The van der Waals surface area contributed by atoms with Gasteiger partial charge in [-0.1, -0.05) is 12.1 Å². The van der Waals surface area contributed by atoms with Crippen molar-refractivity contribution in [2.24, 2.45) is 0 Å². The molecule has 0 atom stereocenters. The van der Waals surface area contributed by atoms with Crippen molar-refractivity contribution >= 4 is 28.3 Å². The Hall–Kier alpha value is -2.99. The zero-order chi connectivity index (χ0) is 16.4. The Balaban J connectivity index is 1.54. The maximum atomic E-state index is 12.0. The van der Waals surface area contributed by atoms with Gasteiger partial charge < -0.3 is 10.3 Å². The third-order valence-corrected chi connectivity index (χ3v) is 4.57. The molecule has 1 aromatic carbocycles. The summed E-state index contributed by atoms with van der Waals surface area (Å²) in [5.74, 6) is 0.657. The maximum Gasteiger partial charge on any atom is 0.261 e. The van der Waals surface area contributed by atoms with Crippen molar-refractivity contribution in [2.75, 3.05) is 0 Å². The molecular weight excluding hydrogens is 320 g/mol. The lowest BCUT2D eigenvalue weighted by Crippen LogP contribution is -2.22. The van der Waals surface area contributed by atoms with E-state index in [9.17, 15) is 4.79 Å².